The zero-order chi connectivity index (χ0) is 18.9. The van der Waals surface area contributed by atoms with Crippen LogP contribution in [-0.4, -0.2) is 93.6 Å². The van der Waals surface area contributed by atoms with E-state index in [0.29, 0.717) is 19.7 Å². The van der Waals surface area contributed by atoms with Gasteiger partial charge in [0.15, 0.2) is 0 Å². The maximum absolute atomic E-state index is 12.7. The molecule has 7 heteroatoms. The van der Waals surface area contributed by atoms with E-state index >= 15 is 0 Å². The zero-order valence-electron chi connectivity index (χ0n) is 16.0. The fourth-order valence-electron chi connectivity index (χ4n) is 3.12. The maximum Gasteiger partial charge on any atom is 0.244 e. The number of nitrogens with zero attached hydrogens (tertiary/aromatic N) is 3. The lowest BCUT2D eigenvalue weighted by molar-refractivity contribution is -0.136. The average molecular weight is 362 g/mol. The molecule has 1 saturated heterocycles. The molecule has 0 radical (unpaired) electrons. The van der Waals surface area contributed by atoms with Crippen LogP contribution in [0, 0.1) is 0 Å². The van der Waals surface area contributed by atoms with Crippen LogP contribution in [0.2, 0.25) is 0 Å². The number of hydrogen-bond acceptors (Lipinski definition) is 5. The molecule has 1 unspecified atom stereocenters. The molecule has 1 fully saturated rings. The van der Waals surface area contributed by atoms with Crippen molar-refractivity contribution >= 4 is 11.8 Å². The topological polar surface area (TPSA) is 65.1 Å². The fraction of sp³-hybridized carbons (Fsp3) is 0.579. The highest BCUT2D eigenvalue weighted by molar-refractivity contribution is 5.83. The molecule has 0 saturated carbocycles. The molecule has 7 nitrogen and oxygen atoms in total. The molecule has 1 aromatic carbocycles. The van der Waals surface area contributed by atoms with Gasteiger partial charge in [-0.2, -0.15) is 0 Å². The molecule has 2 rings (SSSR count). The van der Waals surface area contributed by atoms with Crippen molar-refractivity contribution in [2.75, 3.05) is 67.1 Å². The van der Waals surface area contributed by atoms with E-state index in [-0.39, 0.29) is 17.9 Å². The summed E-state index contributed by atoms with van der Waals surface area (Å²) in [5, 5.41) is 2.84. The van der Waals surface area contributed by atoms with Gasteiger partial charge in [0.25, 0.3) is 0 Å². The molecule has 0 aromatic heterocycles. The number of carbonyl (C=O) groups excluding carboxylic acids is 2. The Labute approximate surface area is 155 Å². The maximum atomic E-state index is 12.7. The van der Waals surface area contributed by atoms with Gasteiger partial charge in [0.05, 0.1) is 13.2 Å². The first kappa shape index (κ1) is 20.4. The highest BCUT2D eigenvalue weighted by Gasteiger charge is 2.31. The summed E-state index contributed by atoms with van der Waals surface area (Å²) in [6, 6.07) is 9.62. The number of hydrogen-bond donors (Lipinski definition) is 1. The van der Waals surface area contributed by atoms with Gasteiger partial charge in [-0.05, 0) is 5.56 Å². The number of rotatable bonds is 8. The van der Waals surface area contributed by atoms with Crippen molar-refractivity contribution in [3.05, 3.63) is 35.9 Å². The van der Waals surface area contributed by atoms with E-state index in [2.05, 4.69) is 15.1 Å². The zero-order valence-corrected chi connectivity index (χ0v) is 16.0. The predicted octanol–water partition coefficient (Wildman–Crippen LogP) is 0.196. The number of likely N-dealkylation sites (N-methyl/N-ethyl adjacent to an activating group) is 1. The van der Waals surface area contributed by atoms with E-state index in [4.69, 9.17) is 4.74 Å². The molecule has 144 valence electrons. The van der Waals surface area contributed by atoms with Crippen LogP contribution in [0.15, 0.2) is 30.3 Å². The highest BCUT2D eigenvalue weighted by atomic mass is 16.5. The predicted molar refractivity (Wildman–Crippen MR) is 101 cm³/mol. The Bertz CT molecular complexity index is 571. The fourth-order valence-corrected chi connectivity index (χ4v) is 3.12. The van der Waals surface area contributed by atoms with Crippen molar-refractivity contribution in [1.29, 1.82) is 0 Å². The lowest BCUT2D eigenvalue weighted by Gasteiger charge is -2.39. The van der Waals surface area contributed by atoms with Crippen LogP contribution in [0.4, 0.5) is 0 Å². The summed E-state index contributed by atoms with van der Waals surface area (Å²) >= 11 is 0. The van der Waals surface area contributed by atoms with Crippen LogP contribution in [0.3, 0.4) is 0 Å². The second kappa shape index (κ2) is 10.3. The van der Waals surface area contributed by atoms with Crippen LogP contribution >= 0.6 is 0 Å². The Morgan fingerprint density at radius 2 is 1.81 bits per heavy atom. The summed E-state index contributed by atoms with van der Waals surface area (Å²) in [5.74, 6) is 0.0986. The van der Waals surface area contributed by atoms with Crippen molar-refractivity contribution in [3.8, 4) is 0 Å². The average Bonchev–Trinajstić information content (AvgIpc) is 2.64. The smallest absolute Gasteiger partial charge is 0.244 e. The normalized spacial score (nSPS) is 16.9. The third kappa shape index (κ3) is 5.79. The molecule has 0 bridgehead atoms. The lowest BCUT2D eigenvalue weighted by atomic mass is 10.0. The first-order valence-corrected chi connectivity index (χ1v) is 9.01. The van der Waals surface area contributed by atoms with E-state index < -0.39 is 0 Å². The third-order valence-corrected chi connectivity index (χ3v) is 4.56. The van der Waals surface area contributed by atoms with Gasteiger partial charge in [-0.25, -0.2) is 0 Å². The van der Waals surface area contributed by atoms with Gasteiger partial charge in [-0.15, -0.1) is 0 Å². The number of methoxy groups -OCH3 is 1. The Morgan fingerprint density at radius 1 is 1.15 bits per heavy atom. The van der Waals surface area contributed by atoms with Gasteiger partial charge in [0, 0.05) is 53.9 Å². The Hall–Kier alpha value is -1.96. The molecule has 0 aliphatic carbocycles. The molecule has 1 aliphatic heterocycles. The summed E-state index contributed by atoms with van der Waals surface area (Å²) in [6.07, 6.45) is 0. The van der Waals surface area contributed by atoms with E-state index in [1.54, 1.807) is 26.1 Å². The van der Waals surface area contributed by atoms with E-state index in [0.717, 1.165) is 31.7 Å². The van der Waals surface area contributed by atoms with Crippen LogP contribution in [0.1, 0.15) is 11.6 Å². The van der Waals surface area contributed by atoms with Gasteiger partial charge in [0.1, 0.15) is 6.04 Å². The van der Waals surface area contributed by atoms with Crippen molar-refractivity contribution in [2.45, 2.75) is 6.04 Å². The molecule has 0 spiro atoms. The van der Waals surface area contributed by atoms with Gasteiger partial charge < -0.3 is 15.0 Å². The minimum Gasteiger partial charge on any atom is -0.383 e. The molecular formula is C19H30N4O3. The Morgan fingerprint density at radius 3 is 2.38 bits per heavy atom. The summed E-state index contributed by atoms with van der Waals surface area (Å²) in [7, 11) is 5.20. The van der Waals surface area contributed by atoms with Crippen molar-refractivity contribution < 1.29 is 14.3 Å². The number of nitrogens with one attached hydrogen (secondary N) is 1. The Balaban J connectivity index is 1.93. The molecule has 2 amide bonds. The van der Waals surface area contributed by atoms with Gasteiger partial charge >= 0.3 is 0 Å². The monoisotopic (exact) mass is 362 g/mol. The van der Waals surface area contributed by atoms with Crippen molar-refractivity contribution in [3.63, 3.8) is 0 Å². The third-order valence-electron chi connectivity index (χ3n) is 4.56. The van der Waals surface area contributed by atoms with Gasteiger partial charge in [0.2, 0.25) is 11.8 Å². The molecule has 1 atom stereocenters. The molecule has 1 N–H and O–H groups in total. The first-order valence-electron chi connectivity index (χ1n) is 9.01. The SMILES string of the molecule is COCCNC(=O)CN1CCN(C(C(=O)N(C)C)c2ccccc2)CC1. The van der Waals surface area contributed by atoms with Gasteiger partial charge in [-0.3, -0.25) is 19.4 Å². The van der Waals surface area contributed by atoms with Crippen LogP contribution < -0.4 is 5.32 Å². The number of carbonyl (C=O) groups is 2. The number of amides is 2. The number of piperazine rings is 1. The largest absolute Gasteiger partial charge is 0.383 e. The van der Waals surface area contributed by atoms with E-state index in [1.165, 1.54) is 0 Å². The van der Waals surface area contributed by atoms with Crippen LogP contribution in [0.5, 0.6) is 0 Å². The van der Waals surface area contributed by atoms with Crippen LogP contribution in [0.25, 0.3) is 0 Å². The second-order valence-electron chi connectivity index (χ2n) is 6.70. The Kier molecular flexibility index (Phi) is 8.03. The van der Waals surface area contributed by atoms with E-state index in [1.807, 2.05) is 30.3 Å². The van der Waals surface area contributed by atoms with Crippen LogP contribution in [-0.2, 0) is 14.3 Å². The standard InChI is InChI=1S/C19H30N4O3/c1-21(2)19(25)18(16-7-5-4-6-8-16)23-12-10-22(11-13-23)15-17(24)20-9-14-26-3/h4-8,18H,9-15H2,1-3H3,(H,20,24). The lowest BCUT2D eigenvalue weighted by Crippen LogP contribution is -2.52. The number of benzene rings is 1. The highest BCUT2D eigenvalue weighted by Crippen LogP contribution is 2.24. The number of ether oxygens (including phenoxy) is 1. The van der Waals surface area contributed by atoms with E-state index in [9.17, 15) is 9.59 Å². The quantitative estimate of drug-likeness (QED) is 0.669. The molecule has 1 aliphatic rings. The van der Waals surface area contributed by atoms with Gasteiger partial charge in [-0.1, -0.05) is 30.3 Å². The molecular weight excluding hydrogens is 332 g/mol. The second-order valence-corrected chi connectivity index (χ2v) is 6.70. The molecule has 1 aromatic rings. The summed E-state index contributed by atoms with van der Waals surface area (Å²) in [4.78, 5) is 30.7. The van der Waals surface area contributed by atoms with Crippen molar-refractivity contribution in [1.82, 2.24) is 20.0 Å². The molecule has 1 heterocycles. The first-order chi connectivity index (χ1) is 12.5. The molecule has 26 heavy (non-hydrogen) atoms. The van der Waals surface area contributed by atoms with Crippen molar-refractivity contribution in [2.24, 2.45) is 0 Å². The minimum absolute atomic E-state index is 0.0134. The minimum atomic E-state index is -0.274. The summed E-state index contributed by atoms with van der Waals surface area (Å²) < 4.78 is 4.94. The summed E-state index contributed by atoms with van der Waals surface area (Å²) in [5.41, 5.74) is 1.01. The summed E-state index contributed by atoms with van der Waals surface area (Å²) in [6.45, 7) is 4.47.